The SMILES string of the molecule is CCCNS(=O)(=O)N(C)C(C)CC(N)=S. The molecule has 0 aliphatic rings. The van der Waals surface area contributed by atoms with Gasteiger partial charge in [-0.15, -0.1) is 0 Å². The predicted molar refractivity (Wildman–Crippen MR) is 65.8 cm³/mol. The average molecular weight is 253 g/mol. The van der Waals surface area contributed by atoms with Crippen molar-refractivity contribution in [3.8, 4) is 0 Å². The second-order valence-corrected chi connectivity index (χ2v) is 5.77. The molecule has 0 radical (unpaired) electrons. The first-order valence-corrected chi connectivity index (χ1v) is 6.67. The van der Waals surface area contributed by atoms with Gasteiger partial charge in [-0.3, -0.25) is 0 Å². The molecule has 7 heteroatoms. The molecule has 90 valence electrons. The molecule has 0 bridgehead atoms. The van der Waals surface area contributed by atoms with Gasteiger partial charge in [0.05, 0.1) is 4.99 Å². The van der Waals surface area contributed by atoms with Crippen LogP contribution in [-0.2, 0) is 10.2 Å². The van der Waals surface area contributed by atoms with Gasteiger partial charge in [0.2, 0.25) is 0 Å². The Kier molecular flexibility index (Phi) is 6.26. The second kappa shape index (κ2) is 6.37. The Hall–Kier alpha value is -0.240. The van der Waals surface area contributed by atoms with Gasteiger partial charge < -0.3 is 5.73 Å². The molecule has 15 heavy (non-hydrogen) atoms. The summed E-state index contributed by atoms with van der Waals surface area (Å²) < 4.78 is 27.0. The van der Waals surface area contributed by atoms with Gasteiger partial charge >= 0.3 is 0 Å². The summed E-state index contributed by atoms with van der Waals surface area (Å²) in [5, 5.41) is 0. The molecule has 1 atom stereocenters. The summed E-state index contributed by atoms with van der Waals surface area (Å²) in [4.78, 5) is 0.319. The van der Waals surface area contributed by atoms with Crippen LogP contribution in [0.3, 0.4) is 0 Å². The van der Waals surface area contributed by atoms with E-state index in [2.05, 4.69) is 4.72 Å². The fourth-order valence-electron chi connectivity index (χ4n) is 0.989. The van der Waals surface area contributed by atoms with Crippen LogP contribution in [0.2, 0.25) is 0 Å². The van der Waals surface area contributed by atoms with E-state index in [1.165, 1.54) is 11.4 Å². The first-order valence-electron chi connectivity index (χ1n) is 4.82. The van der Waals surface area contributed by atoms with Gasteiger partial charge in [0.15, 0.2) is 0 Å². The molecule has 0 aliphatic carbocycles. The molecule has 0 amide bonds. The molecular formula is C8H19N3O2S2. The van der Waals surface area contributed by atoms with Crippen LogP contribution in [0.15, 0.2) is 0 Å². The van der Waals surface area contributed by atoms with Crippen LogP contribution in [0.5, 0.6) is 0 Å². The van der Waals surface area contributed by atoms with E-state index in [0.29, 0.717) is 18.0 Å². The Morgan fingerprint density at radius 2 is 2.13 bits per heavy atom. The van der Waals surface area contributed by atoms with E-state index in [0.717, 1.165) is 6.42 Å². The topological polar surface area (TPSA) is 75.4 Å². The molecule has 0 aliphatic heterocycles. The Morgan fingerprint density at radius 3 is 2.53 bits per heavy atom. The second-order valence-electron chi connectivity index (χ2n) is 3.44. The van der Waals surface area contributed by atoms with Gasteiger partial charge in [-0.1, -0.05) is 19.1 Å². The quantitative estimate of drug-likeness (QED) is 0.637. The Balaban J connectivity index is 4.40. The van der Waals surface area contributed by atoms with Crippen molar-refractivity contribution in [1.29, 1.82) is 0 Å². The fourth-order valence-corrected chi connectivity index (χ4v) is 2.44. The van der Waals surface area contributed by atoms with Crippen molar-refractivity contribution >= 4 is 27.4 Å². The first-order chi connectivity index (χ1) is 6.81. The molecule has 0 fully saturated rings. The van der Waals surface area contributed by atoms with Crippen LogP contribution in [0, 0.1) is 0 Å². The highest BCUT2D eigenvalue weighted by Crippen LogP contribution is 2.05. The van der Waals surface area contributed by atoms with Crippen molar-refractivity contribution < 1.29 is 8.42 Å². The minimum atomic E-state index is -3.40. The molecule has 0 spiro atoms. The summed E-state index contributed by atoms with van der Waals surface area (Å²) in [5.74, 6) is 0. The lowest BCUT2D eigenvalue weighted by Crippen LogP contribution is -2.44. The van der Waals surface area contributed by atoms with Gasteiger partial charge in [-0.25, -0.2) is 4.72 Å². The maximum absolute atomic E-state index is 11.6. The Labute approximate surface area is 97.2 Å². The standard InChI is InChI=1S/C8H19N3O2S2/c1-4-5-10-15(12,13)11(3)7(2)6-8(9)14/h7,10H,4-6H2,1-3H3,(H2,9,14). The fraction of sp³-hybridized carbons (Fsp3) is 0.875. The summed E-state index contributed by atoms with van der Waals surface area (Å²) in [6.07, 6.45) is 1.15. The van der Waals surface area contributed by atoms with E-state index in [-0.39, 0.29) is 6.04 Å². The lowest BCUT2D eigenvalue weighted by molar-refractivity contribution is 0.390. The van der Waals surface area contributed by atoms with Crippen molar-refractivity contribution in [2.45, 2.75) is 32.7 Å². The van der Waals surface area contributed by atoms with Crippen molar-refractivity contribution in [3.05, 3.63) is 0 Å². The summed E-state index contributed by atoms with van der Waals surface area (Å²) in [5.41, 5.74) is 5.36. The monoisotopic (exact) mass is 253 g/mol. The molecule has 5 nitrogen and oxygen atoms in total. The molecular weight excluding hydrogens is 234 g/mol. The molecule has 0 aromatic heterocycles. The molecule has 0 saturated carbocycles. The smallest absolute Gasteiger partial charge is 0.279 e. The molecule has 0 heterocycles. The third-order valence-electron chi connectivity index (χ3n) is 2.03. The molecule has 0 saturated heterocycles. The lowest BCUT2D eigenvalue weighted by atomic mass is 10.2. The minimum Gasteiger partial charge on any atom is -0.393 e. The summed E-state index contributed by atoms with van der Waals surface area (Å²) >= 11 is 4.74. The number of nitrogens with two attached hydrogens (primary N) is 1. The van der Waals surface area contributed by atoms with E-state index >= 15 is 0 Å². The van der Waals surface area contributed by atoms with Crippen molar-refractivity contribution in [1.82, 2.24) is 9.03 Å². The zero-order chi connectivity index (χ0) is 12.1. The zero-order valence-electron chi connectivity index (χ0n) is 9.36. The van der Waals surface area contributed by atoms with Gasteiger partial charge in [0.1, 0.15) is 0 Å². The average Bonchev–Trinajstić information content (AvgIpc) is 2.12. The highest BCUT2D eigenvalue weighted by atomic mass is 32.2. The molecule has 0 rings (SSSR count). The lowest BCUT2D eigenvalue weighted by Gasteiger charge is -2.23. The van der Waals surface area contributed by atoms with Crippen LogP contribution in [0.4, 0.5) is 0 Å². The van der Waals surface area contributed by atoms with Crippen molar-refractivity contribution in [3.63, 3.8) is 0 Å². The number of thiocarbonyl (C=S) groups is 1. The number of rotatable bonds is 7. The van der Waals surface area contributed by atoms with E-state index in [1.807, 2.05) is 6.92 Å². The van der Waals surface area contributed by atoms with Gasteiger partial charge in [0, 0.05) is 26.1 Å². The highest BCUT2D eigenvalue weighted by Gasteiger charge is 2.22. The third-order valence-corrected chi connectivity index (χ3v) is 3.88. The number of nitrogens with zero attached hydrogens (tertiary/aromatic N) is 1. The maximum atomic E-state index is 11.6. The van der Waals surface area contributed by atoms with Crippen molar-refractivity contribution in [2.24, 2.45) is 5.73 Å². The van der Waals surface area contributed by atoms with Crippen LogP contribution in [0.25, 0.3) is 0 Å². The predicted octanol–water partition coefficient (Wildman–Crippen LogP) is 0.227. The third kappa shape index (κ3) is 5.41. The Bertz CT molecular complexity index is 303. The summed E-state index contributed by atoms with van der Waals surface area (Å²) in [6, 6.07) is -0.225. The van der Waals surface area contributed by atoms with Crippen LogP contribution in [-0.4, -0.2) is 37.3 Å². The number of nitrogens with one attached hydrogen (secondary N) is 1. The molecule has 1 unspecified atom stereocenters. The number of hydrogen-bond acceptors (Lipinski definition) is 3. The largest absolute Gasteiger partial charge is 0.393 e. The van der Waals surface area contributed by atoms with Crippen LogP contribution in [0.1, 0.15) is 26.7 Å². The molecule has 3 N–H and O–H groups in total. The van der Waals surface area contributed by atoms with Gasteiger partial charge in [0.25, 0.3) is 10.2 Å². The summed E-state index contributed by atoms with van der Waals surface area (Å²) in [6.45, 7) is 4.11. The maximum Gasteiger partial charge on any atom is 0.279 e. The minimum absolute atomic E-state index is 0.225. The molecule has 0 aromatic rings. The Morgan fingerprint density at radius 1 is 1.60 bits per heavy atom. The van der Waals surface area contributed by atoms with E-state index in [1.54, 1.807) is 6.92 Å². The van der Waals surface area contributed by atoms with Crippen LogP contribution >= 0.6 is 12.2 Å². The van der Waals surface area contributed by atoms with E-state index < -0.39 is 10.2 Å². The first kappa shape index (κ1) is 14.8. The van der Waals surface area contributed by atoms with Gasteiger partial charge in [-0.2, -0.15) is 12.7 Å². The summed E-state index contributed by atoms with van der Waals surface area (Å²) in [7, 11) is -1.88. The molecule has 0 aromatic carbocycles. The highest BCUT2D eigenvalue weighted by molar-refractivity contribution is 7.87. The number of hydrogen-bond donors (Lipinski definition) is 2. The van der Waals surface area contributed by atoms with Crippen molar-refractivity contribution in [2.75, 3.05) is 13.6 Å². The normalized spacial score (nSPS) is 14.1. The van der Waals surface area contributed by atoms with Crippen LogP contribution < -0.4 is 10.5 Å². The van der Waals surface area contributed by atoms with Gasteiger partial charge in [-0.05, 0) is 13.3 Å². The van der Waals surface area contributed by atoms with E-state index in [4.69, 9.17) is 18.0 Å². The zero-order valence-corrected chi connectivity index (χ0v) is 11.0. The van der Waals surface area contributed by atoms with E-state index in [9.17, 15) is 8.42 Å².